The Morgan fingerprint density at radius 3 is 3.00 bits per heavy atom. The quantitative estimate of drug-likeness (QED) is 0.836. The Bertz CT molecular complexity index is 481. The highest BCUT2D eigenvalue weighted by atomic mass is 32.1. The molecule has 0 saturated heterocycles. The van der Waals surface area contributed by atoms with Crippen LogP contribution in [0.1, 0.15) is 13.8 Å². The molecule has 1 N–H and O–H groups in total. The third kappa shape index (κ3) is 2.13. The Morgan fingerprint density at radius 2 is 2.40 bits per heavy atom. The maximum Gasteiger partial charge on any atom is 0.195 e. The van der Waals surface area contributed by atoms with Crippen LogP contribution in [-0.4, -0.2) is 24.4 Å². The third-order valence-corrected chi connectivity index (χ3v) is 2.86. The van der Waals surface area contributed by atoms with Crippen LogP contribution in [0.25, 0.3) is 10.7 Å². The van der Waals surface area contributed by atoms with Crippen molar-refractivity contribution in [3.63, 3.8) is 0 Å². The molecule has 0 atom stereocenters. The van der Waals surface area contributed by atoms with E-state index in [4.69, 9.17) is 12.2 Å². The number of aromatic amines is 1. The third-order valence-electron chi connectivity index (χ3n) is 1.89. The van der Waals surface area contributed by atoms with E-state index in [-0.39, 0.29) is 0 Å². The van der Waals surface area contributed by atoms with Crippen molar-refractivity contribution in [2.75, 3.05) is 0 Å². The maximum absolute atomic E-state index is 5.17. The van der Waals surface area contributed by atoms with Crippen molar-refractivity contribution < 1.29 is 0 Å². The van der Waals surface area contributed by atoms with Crippen molar-refractivity contribution in [3.05, 3.63) is 11.0 Å². The fourth-order valence-electron chi connectivity index (χ4n) is 1.31. The van der Waals surface area contributed by atoms with Crippen LogP contribution < -0.4 is 0 Å². The standard InChI is InChI=1S/C8H11N5S2/c1-5(2)4-13-7(10-11-8(13)14)6-3-9-12-15-6/h3,5H,4H2,1-2H3,(H,11,14). The first-order chi connectivity index (χ1) is 7.18. The summed E-state index contributed by atoms with van der Waals surface area (Å²) in [5.41, 5.74) is 0. The van der Waals surface area contributed by atoms with Gasteiger partial charge in [0.05, 0.1) is 6.20 Å². The SMILES string of the molecule is CC(C)Cn1c(-c2cnns2)n[nH]c1=S. The second-order valence-electron chi connectivity index (χ2n) is 3.64. The number of nitrogens with zero attached hydrogens (tertiary/aromatic N) is 4. The Balaban J connectivity index is 2.45. The lowest BCUT2D eigenvalue weighted by atomic mass is 10.2. The summed E-state index contributed by atoms with van der Waals surface area (Å²) in [4.78, 5) is 0.933. The number of nitrogens with one attached hydrogen (secondary N) is 1. The van der Waals surface area contributed by atoms with Crippen LogP contribution >= 0.6 is 23.8 Å². The van der Waals surface area contributed by atoms with Crippen molar-refractivity contribution >= 4 is 23.8 Å². The first-order valence-corrected chi connectivity index (χ1v) is 5.79. The van der Waals surface area contributed by atoms with Crippen molar-refractivity contribution in [2.24, 2.45) is 5.92 Å². The fourth-order valence-corrected chi connectivity index (χ4v) is 2.03. The molecule has 0 spiro atoms. The van der Waals surface area contributed by atoms with Gasteiger partial charge >= 0.3 is 0 Å². The summed E-state index contributed by atoms with van der Waals surface area (Å²) in [6.07, 6.45) is 1.70. The van der Waals surface area contributed by atoms with Gasteiger partial charge in [-0.3, -0.25) is 9.67 Å². The predicted octanol–water partition coefficient (Wildman–Crippen LogP) is 2.12. The van der Waals surface area contributed by atoms with E-state index in [0.717, 1.165) is 17.2 Å². The molecule has 2 rings (SSSR count). The zero-order valence-electron chi connectivity index (χ0n) is 8.47. The minimum absolute atomic E-state index is 0.522. The van der Waals surface area contributed by atoms with E-state index in [0.29, 0.717) is 10.7 Å². The Kier molecular flexibility index (Phi) is 2.92. The van der Waals surface area contributed by atoms with Gasteiger partial charge in [0.15, 0.2) is 10.6 Å². The number of hydrogen-bond acceptors (Lipinski definition) is 5. The van der Waals surface area contributed by atoms with E-state index in [1.807, 2.05) is 4.57 Å². The van der Waals surface area contributed by atoms with Gasteiger partial charge in [0.1, 0.15) is 4.88 Å². The molecular formula is C8H11N5S2. The molecular weight excluding hydrogens is 230 g/mol. The molecule has 7 heteroatoms. The lowest BCUT2D eigenvalue weighted by Gasteiger charge is -2.07. The minimum atomic E-state index is 0.522. The maximum atomic E-state index is 5.17. The molecule has 2 aromatic heterocycles. The van der Waals surface area contributed by atoms with Gasteiger partial charge in [-0.1, -0.05) is 18.3 Å². The van der Waals surface area contributed by atoms with E-state index in [2.05, 4.69) is 33.6 Å². The summed E-state index contributed by atoms with van der Waals surface area (Å²) in [5.74, 6) is 1.35. The highest BCUT2D eigenvalue weighted by molar-refractivity contribution is 7.71. The molecule has 0 saturated carbocycles. The second kappa shape index (κ2) is 4.19. The van der Waals surface area contributed by atoms with Crippen LogP contribution in [0.5, 0.6) is 0 Å². The molecule has 0 aliphatic rings. The minimum Gasteiger partial charge on any atom is -0.299 e. The average Bonchev–Trinajstić information content (AvgIpc) is 2.76. The van der Waals surface area contributed by atoms with Gasteiger partial charge in [0.2, 0.25) is 0 Å². The van der Waals surface area contributed by atoms with Crippen molar-refractivity contribution in [1.29, 1.82) is 0 Å². The van der Waals surface area contributed by atoms with Crippen LogP contribution in [0.4, 0.5) is 0 Å². The molecule has 15 heavy (non-hydrogen) atoms. The molecule has 0 aliphatic heterocycles. The number of rotatable bonds is 3. The normalized spacial score (nSPS) is 11.1. The molecule has 2 aromatic rings. The van der Waals surface area contributed by atoms with E-state index in [9.17, 15) is 0 Å². The predicted molar refractivity (Wildman–Crippen MR) is 61.2 cm³/mol. The summed E-state index contributed by atoms with van der Waals surface area (Å²) in [5, 5.41) is 10.8. The Hall–Kier alpha value is -1.08. The van der Waals surface area contributed by atoms with Crippen LogP contribution in [0.2, 0.25) is 0 Å². The summed E-state index contributed by atoms with van der Waals surface area (Å²) in [6, 6.07) is 0. The Morgan fingerprint density at radius 1 is 1.60 bits per heavy atom. The number of hydrogen-bond donors (Lipinski definition) is 1. The van der Waals surface area contributed by atoms with E-state index in [1.54, 1.807) is 6.20 Å². The van der Waals surface area contributed by atoms with Crippen LogP contribution in [-0.2, 0) is 6.54 Å². The van der Waals surface area contributed by atoms with Crippen LogP contribution in [0.3, 0.4) is 0 Å². The van der Waals surface area contributed by atoms with Gasteiger partial charge in [0, 0.05) is 6.54 Å². The highest BCUT2D eigenvalue weighted by Crippen LogP contribution is 2.20. The van der Waals surface area contributed by atoms with Crippen LogP contribution in [0, 0.1) is 10.7 Å². The van der Waals surface area contributed by atoms with Gasteiger partial charge in [-0.15, -0.1) is 5.10 Å². The summed E-state index contributed by atoms with van der Waals surface area (Å²) in [6.45, 7) is 5.13. The first kappa shape index (κ1) is 10.4. The molecule has 0 aliphatic carbocycles. The monoisotopic (exact) mass is 241 g/mol. The molecule has 5 nitrogen and oxygen atoms in total. The van der Waals surface area contributed by atoms with E-state index < -0.39 is 0 Å². The molecule has 0 fully saturated rings. The smallest absolute Gasteiger partial charge is 0.195 e. The number of H-pyrrole nitrogens is 1. The molecule has 80 valence electrons. The molecule has 0 aromatic carbocycles. The number of aromatic nitrogens is 5. The fraction of sp³-hybridized carbons (Fsp3) is 0.500. The lowest BCUT2D eigenvalue weighted by molar-refractivity contribution is 0.522. The zero-order chi connectivity index (χ0) is 10.8. The highest BCUT2D eigenvalue weighted by Gasteiger charge is 2.11. The van der Waals surface area contributed by atoms with Gasteiger partial charge < -0.3 is 0 Å². The topological polar surface area (TPSA) is 59.4 Å². The first-order valence-electron chi connectivity index (χ1n) is 4.61. The Labute approximate surface area is 96.3 Å². The van der Waals surface area contributed by atoms with Gasteiger partial charge in [-0.25, -0.2) is 0 Å². The van der Waals surface area contributed by atoms with Gasteiger partial charge in [-0.05, 0) is 29.7 Å². The second-order valence-corrected chi connectivity index (χ2v) is 4.81. The van der Waals surface area contributed by atoms with Crippen LogP contribution in [0.15, 0.2) is 6.20 Å². The van der Waals surface area contributed by atoms with Crippen molar-refractivity contribution in [2.45, 2.75) is 20.4 Å². The molecule has 2 heterocycles. The summed E-state index contributed by atoms with van der Waals surface area (Å²) >= 11 is 6.49. The molecule has 0 unspecified atom stereocenters. The van der Waals surface area contributed by atoms with Gasteiger partial charge in [0.25, 0.3) is 0 Å². The molecule has 0 bridgehead atoms. The molecule has 0 radical (unpaired) electrons. The van der Waals surface area contributed by atoms with E-state index in [1.165, 1.54) is 11.5 Å². The van der Waals surface area contributed by atoms with Crippen molar-refractivity contribution in [1.82, 2.24) is 24.4 Å². The summed E-state index contributed by atoms with van der Waals surface area (Å²) < 4.78 is 6.45. The lowest BCUT2D eigenvalue weighted by Crippen LogP contribution is -2.05. The molecule has 0 amide bonds. The largest absolute Gasteiger partial charge is 0.299 e. The average molecular weight is 241 g/mol. The van der Waals surface area contributed by atoms with Crippen molar-refractivity contribution in [3.8, 4) is 10.7 Å². The van der Waals surface area contributed by atoms with Gasteiger partial charge in [-0.2, -0.15) is 5.10 Å². The zero-order valence-corrected chi connectivity index (χ0v) is 10.1. The van der Waals surface area contributed by atoms with E-state index >= 15 is 0 Å². The summed E-state index contributed by atoms with van der Waals surface area (Å²) in [7, 11) is 0.